The molecule has 0 aliphatic heterocycles. The topological polar surface area (TPSA) is 60.6 Å². The van der Waals surface area contributed by atoms with Gasteiger partial charge in [0.15, 0.2) is 0 Å². The molecule has 6 heteroatoms. The number of rotatable bonds is 9. The van der Waals surface area contributed by atoms with Crippen molar-refractivity contribution in [2.75, 3.05) is 13.7 Å². The van der Waals surface area contributed by atoms with Crippen LogP contribution in [0.15, 0.2) is 53.1 Å². The van der Waals surface area contributed by atoms with Gasteiger partial charge in [-0.3, -0.25) is 4.90 Å². The molecule has 28 heavy (non-hydrogen) atoms. The van der Waals surface area contributed by atoms with Gasteiger partial charge in [0.2, 0.25) is 11.7 Å². The molecule has 6 nitrogen and oxygen atoms in total. The fraction of sp³-hybridized carbons (Fsp3) is 0.364. The molecule has 1 aliphatic rings. The zero-order chi connectivity index (χ0) is 19.3. The van der Waals surface area contributed by atoms with E-state index in [2.05, 4.69) is 21.1 Å². The summed E-state index contributed by atoms with van der Waals surface area (Å²) >= 11 is 0. The molecule has 0 saturated heterocycles. The van der Waals surface area contributed by atoms with Gasteiger partial charge >= 0.3 is 0 Å². The Morgan fingerprint density at radius 2 is 1.86 bits per heavy atom. The van der Waals surface area contributed by atoms with Gasteiger partial charge in [-0.25, -0.2) is 0 Å². The molecule has 1 aliphatic carbocycles. The maximum Gasteiger partial charge on any atom is 0.241 e. The summed E-state index contributed by atoms with van der Waals surface area (Å²) in [5.74, 6) is 2.98. The van der Waals surface area contributed by atoms with Crippen molar-refractivity contribution in [1.82, 2.24) is 15.0 Å². The standard InChI is InChI=1S/C22H25N3O3/c1-3-27-19-12-8-16(9-13-19)22-23-21(28-24-22)15-25(18-10-11-18)14-17-6-4-5-7-20(17)26-2/h4-9,12-13,18H,3,10-11,14-15H2,1-2H3. The van der Waals surface area contributed by atoms with Gasteiger partial charge < -0.3 is 14.0 Å². The van der Waals surface area contributed by atoms with E-state index in [1.165, 1.54) is 18.4 Å². The van der Waals surface area contributed by atoms with Gasteiger partial charge in [-0.1, -0.05) is 23.4 Å². The molecule has 0 radical (unpaired) electrons. The van der Waals surface area contributed by atoms with Crippen molar-refractivity contribution < 1.29 is 14.0 Å². The second-order valence-corrected chi connectivity index (χ2v) is 6.92. The van der Waals surface area contributed by atoms with E-state index in [9.17, 15) is 0 Å². The van der Waals surface area contributed by atoms with Gasteiger partial charge in [-0.15, -0.1) is 0 Å². The van der Waals surface area contributed by atoms with Crippen molar-refractivity contribution in [3.63, 3.8) is 0 Å². The summed E-state index contributed by atoms with van der Waals surface area (Å²) in [6.45, 7) is 4.05. The van der Waals surface area contributed by atoms with E-state index in [0.717, 1.165) is 23.6 Å². The largest absolute Gasteiger partial charge is 0.496 e. The number of nitrogens with zero attached hydrogens (tertiary/aromatic N) is 3. The molecule has 1 heterocycles. The maximum absolute atomic E-state index is 5.53. The monoisotopic (exact) mass is 379 g/mol. The molecule has 0 amide bonds. The van der Waals surface area contributed by atoms with Crippen LogP contribution in [0.25, 0.3) is 11.4 Å². The molecule has 1 aromatic heterocycles. The van der Waals surface area contributed by atoms with Crippen LogP contribution in [0.1, 0.15) is 31.2 Å². The fourth-order valence-corrected chi connectivity index (χ4v) is 3.28. The summed E-state index contributed by atoms with van der Waals surface area (Å²) in [4.78, 5) is 6.98. The highest BCUT2D eigenvalue weighted by molar-refractivity contribution is 5.55. The van der Waals surface area contributed by atoms with E-state index in [1.54, 1.807) is 7.11 Å². The van der Waals surface area contributed by atoms with Crippen LogP contribution in [0.2, 0.25) is 0 Å². The summed E-state index contributed by atoms with van der Waals surface area (Å²) in [7, 11) is 1.71. The zero-order valence-corrected chi connectivity index (χ0v) is 16.3. The smallest absolute Gasteiger partial charge is 0.241 e. The number of benzene rings is 2. The van der Waals surface area contributed by atoms with Gasteiger partial charge in [-0.05, 0) is 50.1 Å². The summed E-state index contributed by atoms with van der Waals surface area (Å²) in [6.07, 6.45) is 2.41. The van der Waals surface area contributed by atoms with Crippen LogP contribution in [0.5, 0.6) is 11.5 Å². The van der Waals surface area contributed by atoms with Gasteiger partial charge in [0.1, 0.15) is 11.5 Å². The SMILES string of the molecule is CCOc1ccc(-c2noc(CN(Cc3ccccc3OC)C3CC3)n2)cc1. The Kier molecular flexibility index (Phi) is 5.58. The Labute approximate surface area is 165 Å². The number of hydrogen-bond acceptors (Lipinski definition) is 6. The molecular formula is C22H25N3O3. The molecule has 4 rings (SSSR count). The summed E-state index contributed by atoms with van der Waals surface area (Å²) in [6, 6.07) is 16.4. The van der Waals surface area contributed by atoms with Crippen molar-refractivity contribution in [3.8, 4) is 22.9 Å². The Balaban J connectivity index is 1.46. The minimum atomic E-state index is 0.561. The van der Waals surface area contributed by atoms with Gasteiger partial charge in [0.25, 0.3) is 0 Å². The predicted octanol–water partition coefficient (Wildman–Crippen LogP) is 4.31. The molecule has 3 aromatic rings. The number of ether oxygens (including phenoxy) is 2. The normalized spacial score (nSPS) is 13.7. The molecule has 2 aromatic carbocycles. The van der Waals surface area contributed by atoms with Crippen LogP contribution in [-0.2, 0) is 13.1 Å². The highest BCUT2D eigenvalue weighted by Gasteiger charge is 2.30. The van der Waals surface area contributed by atoms with Crippen LogP contribution in [0, 0.1) is 0 Å². The van der Waals surface area contributed by atoms with Crippen molar-refractivity contribution in [2.24, 2.45) is 0 Å². The molecule has 0 N–H and O–H groups in total. The van der Waals surface area contributed by atoms with E-state index >= 15 is 0 Å². The lowest BCUT2D eigenvalue weighted by atomic mass is 10.2. The third kappa shape index (κ3) is 4.34. The van der Waals surface area contributed by atoms with E-state index in [4.69, 9.17) is 14.0 Å². The first kappa shape index (κ1) is 18.5. The molecule has 1 fully saturated rings. The van der Waals surface area contributed by atoms with Gasteiger partial charge in [-0.2, -0.15) is 4.98 Å². The highest BCUT2D eigenvalue weighted by atomic mass is 16.5. The average molecular weight is 379 g/mol. The first-order chi connectivity index (χ1) is 13.8. The molecule has 146 valence electrons. The third-order valence-corrected chi connectivity index (χ3v) is 4.86. The molecular weight excluding hydrogens is 354 g/mol. The Morgan fingerprint density at radius 3 is 2.57 bits per heavy atom. The third-order valence-electron chi connectivity index (χ3n) is 4.86. The van der Waals surface area contributed by atoms with Crippen LogP contribution < -0.4 is 9.47 Å². The molecule has 1 saturated carbocycles. The number of para-hydroxylation sites is 1. The number of aromatic nitrogens is 2. The summed E-state index contributed by atoms with van der Waals surface area (Å²) in [5.41, 5.74) is 2.09. The van der Waals surface area contributed by atoms with Crippen LogP contribution in [0.4, 0.5) is 0 Å². The Hall–Kier alpha value is -2.86. The molecule has 0 spiro atoms. The minimum Gasteiger partial charge on any atom is -0.496 e. The zero-order valence-electron chi connectivity index (χ0n) is 16.3. The molecule has 0 bridgehead atoms. The maximum atomic E-state index is 5.53. The predicted molar refractivity (Wildman–Crippen MR) is 106 cm³/mol. The van der Waals surface area contributed by atoms with Crippen molar-refractivity contribution in [2.45, 2.75) is 38.9 Å². The van der Waals surface area contributed by atoms with Crippen molar-refractivity contribution >= 4 is 0 Å². The Bertz CT molecular complexity index is 903. The fourth-order valence-electron chi connectivity index (χ4n) is 3.28. The lowest BCUT2D eigenvalue weighted by molar-refractivity contribution is 0.207. The highest BCUT2D eigenvalue weighted by Crippen LogP contribution is 2.31. The van der Waals surface area contributed by atoms with E-state index < -0.39 is 0 Å². The van der Waals surface area contributed by atoms with E-state index in [-0.39, 0.29) is 0 Å². The number of hydrogen-bond donors (Lipinski definition) is 0. The molecule has 0 atom stereocenters. The van der Waals surface area contributed by atoms with Crippen LogP contribution >= 0.6 is 0 Å². The second-order valence-electron chi connectivity index (χ2n) is 6.92. The summed E-state index contributed by atoms with van der Waals surface area (Å²) < 4.78 is 16.5. The summed E-state index contributed by atoms with van der Waals surface area (Å²) in [5, 5.41) is 4.16. The Morgan fingerprint density at radius 1 is 1.07 bits per heavy atom. The van der Waals surface area contributed by atoms with Gasteiger partial charge in [0.05, 0.1) is 20.3 Å². The van der Waals surface area contributed by atoms with E-state index in [1.807, 2.05) is 49.4 Å². The minimum absolute atomic E-state index is 0.561. The average Bonchev–Trinajstić information content (AvgIpc) is 3.48. The van der Waals surface area contributed by atoms with Crippen molar-refractivity contribution in [3.05, 3.63) is 60.0 Å². The lowest BCUT2D eigenvalue weighted by Gasteiger charge is -2.21. The lowest BCUT2D eigenvalue weighted by Crippen LogP contribution is -2.25. The second kappa shape index (κ2) is 8.44. The van der Waals surface area contributed by atoms with E-state index in [0.29, 0.717) is 30.9 Å². The first-order valence-corrected chi connectivity index (χ1v) is 9.68. The van der Waals surface area contributed by atoms with Gasteiger partial charge in [0, 0.05) is 23.7 Å². The number of methoxy groups -OCH3 is 1. The van der Waals surface area contributed by atoms with Crippen LogP contribution in [0.3, 0.4) is 0 Å². The first-order valence-electron chi connectivity index (χ1n) is 9.68. The quantitative estimate of drug-likeness (QED) is 0.552. The molecule has 0 unspecified atom stereocenters. The van der Waals surface area contributed by atoms with Crippen LogP contribution in [-0.4, -0.2) is 34.8 Å². The van der Waals surface area contributed by atoms with Crippen molar-refractivity contribution in [1.29, 1.82) is 0 Å².